The number of benzene rings is 1. The normalized spacial score (nSPS) is 37.4. The standard InChI is InChI=1S/C33H45NO4/c1-18(2)9-10-20-21(26(36)28-30(5,6)38-28)11-12-23-25(20)22-17-19-13-16-33(37)29(3,4)24(35)14-15-31(33,7)32(19,8)27(22)34-23/h9,11-12,19,26,28,34,36-37H,10,13-17H2,1-8H3. The van der Waals surface area contributed by atoms with Crippen molar-refractivity contribution >= 4 is 16.7 Å². The summed E-state index contributed by atoms with van der Waals surface area (Å²) >= 11 is 0. The summed E-state index contributed by atoms with van der Waals surface area (Å²) in [5.74, 6) is 0.584. The van der Waals surface area contributed by atoms with Crippen molar-refractivity contribution in [2.24, 2.45) is 16.7 Å². The topological polar surface area (TPSA) is 85.8 Å². The molecule has 4 aliphatic rings. The number of allylic oxidation sites excluding steroid dienone is 2. The van der Waals surface area contributed by atoms with Crippen molar-refractivity contribution in [2.75, 3.05) is 0 Å². The number of carbonyl (C=O) groups excluding carboxylic acids is 1. The fraction of sp³-hybridized carbons (Fsp3) is 0.667. The number of nitrogens with one attached hydrogen (secondary N) is 1. The quantitative estimate of drug-likeness (QED) is 0.330. The Hall–Kier alpha value is -1.95. The lowest BCUT2D eigenvalue weighted by atomic mass is 9.39. The Labute approximate surface area is 227 Å². The largest absolute Gasteiger partial charge is 0.388 e. The van der Waals surface area contributed by atoms with Crippen LogP contribution in [-0.2, 0) is 27.8 Å². The molecule has 0 bridgehead atoms. The molecule has 3 fully saturated rings. The van der Waals surface area contributed by atoms with E-state index in [-0.39, 0.29) is 22.9 Å². The number of Topliss-reactive ketones (excluding diaryl/α,β-unsaturated/α-hetero) is 1. The lowest BCUT2D eigenvalue weighted by molar-refractivity contribution is -0.233. The van der Waals surface area contributed by atoms with Crippen LogP contribution in [0.2, 0.25) is 0 Å². The second-order valence-corrected chi connectivity index (χ2v) is 14.5. The predicted molar refractivity (Wildman–Crippen MR) is 150 cm³/mol. The minimum absolute atomic E-state index is 0.183. The van der Waals surface area contributed by atoms with Crippen molar-refractivity contribution < 1.29 is 19.7 Å². The number of epoxide rings is 1. The zero-order valence-electron chi connectivity index (χ0n) is 24.4. The molecule has 2 saturated carbocycles. The van der Waals surface area contributed by atoms with Gasteiger partial charge in [-0.2, -0.15) is 0 Å². The van der Waals surface area contributed by atoms with Gasteiger partial charge in [0.2, 0.25) is 0 Å². The van der Waals surface area contributed by atoms with Gasteiger partial charge in [-0.1, -0.05) is 45.4 Å². The first-order valence-electron chi connectivity index (χ1n) is 14.5. The average Bonchev–Trinajstić information content (AvgIpc) is 3.18. The third kappa shape index (κ3) is 3.07. The van der Waals surface area contributed by atoms with Crippen molar-refractivity contribution in [1.29, 1.82) is 0 Å². The molecule has 2 heterocycles. The number of carbonyl (C=O) groups is 1. The number of hydrogen-bond acceptors (Lipinski definition) is 4. The summed E-state index contributed by atoms with van der Waals surface area (Å²) in [6, 6.07) is 4.20. The van der Waals surface area contributed by atoms with E-state index in [0.29, 0.717) is 25.2 Å². The average molecular weight is 520 g/mol. The van der Waals surface area contributed by atoms with Crippen LogP contribution in [0.25, 0.3) is 10.9 Å². The highest BCUT2D eigenvalue weighted by Gasteiger charge is 2.72. The highest BCUT2D eigenvalue weighted by Crippen LogP contribution is 2.70. The molecule has 3 aliphatic carbocycles. The summed E-state index contributed by atoms with van der Waals surface area (Å²) in [7, 11) is 0. The molecule has 2 aromatic rings. The van der Waals surface area contributed by atoms with E-state index in [1.54, 1.807) is 0 Å². The van der Waals surface area contributed by atoms with Crippen molar-refractivity contribution in [3.8, 4) is 0 Å². The number of ether oxygens (including phenoxy) is 1. The number of ketones is 1. The molecule has 6 atom stereocenters. The Morgan fingerprint density at radius 2 is 1.84 bits per heavy atom. The van der Waals surface area contributed by atoms with Gasteiger partial charge in [0, 0.05) is 33.8 Å². The molecule has 6 rings (SSSR count). The summed E-state index contributed by atoms with van der Waals surface area (Å²) in [5, 5.41) is 25.1. The van der Waals surface area contributed by atoms with Crippen molar-refractivity contribution in [3.05, 3.63) is 46.2 Å². The van der Waals surface area contributed by atoms with Gasteiger partial charge in [0.05, 0.1) is 16.6 Å². The molecule has 6 unspecified atom stereocenters. The van der Waals surface area contributed by atoms with Gasteiger partial charge in [0.25, 0.3) is 0 Å². The highest BCUT2D eigenvalue weighted by molar-refractivity contribution is 5.91. The monoisotopic (exact) mass is 519 g/mol. The lowest BCUT2D eigenvalue weighted by Gasteiger charge is -2.66. The fourth-order valence-electron chi connectivity index (χ4n) is 9.04. The zero-order valence-corrected chi connectivity index (χ0v) is 24.4. The first-order chi connectivity index (χ1) is 17.6. The van der Waals surface area contributed by atoms with Gasteiger partial charge in [0.15, 0.2) is 0 Å². The lowest BCUT2D eigenvalue weighted by Crippen LogP contribution is -2.71. The molecule has 3 N–H and O–H groups in total. The summed E-state index contributed by atoms with van der Waals surface area (Å²) in [5.41, 5.74) is 4.22. The number of aromatic nitrogens is 1. The Kier molecular flexibility index (Phi) is 5.41. The minimum atomic E-state index is -1.05. The Bertz CT molecular complexity index is 1380. The van der Waals surface area contributed by atoms with Crippen LogP contribution in [0.4, 0.5) is 0 Å². The van der Waals surface area contributed by atoms with Crippen LogP contribution >= 0.6 is 0 Å². The number of rotatable bonds is 4. The maximum atomic E-state index is 13.1. The van der Waals surface area contributed by atoms with Gasteiger partial charge in [0.1, 0.15) is 18.0 Å². The second-order valence-electron chi connectivity index (χ2n) is 14.5. The van der Waals surface area contributed by atoms with Gasteiger partial charge in [-0.05, 0) is 88.5 Å². The van der Waals surface area contributed by atoms with Gasteiger partial charge in [-0.3, -0.25) is 4.79 Å². The molecule has 0 spiro atoms. The second kappa shape index (κ2) is 7.83. The third-order valence-corrected chi connectivity index (χ3v) is 11.9. The van der Waals surface area contributed by atoms with E-state index < -0.39 is 22.5 Å². The summed E-state index contributed by atoms with van der Waals surface area (Å²) in [6.45, 7) is 16.8. The van der Waals surface area contributed by atoms with Crippen LogP contribution in [-0.4, -0.2) is 38.3 Å². The molecule has 38 heavy (non-hydrogen) atoms. The molecule has 0 amide bonds. The Balaban J connectivity index is 1.55. The van der Waals surface area contributed by atoms with Crippen LogP contribution < -0.4 is 0 Å². The molecule has 5 heteroatoms. The van der Waals surface area contributed by atoms with Crippen LogP contribution in [0.1, 0.15) is 110 Å². The Morgan fingerprint density at radius 1 is 1.16 bits per heavy atom. The number of aliphatic hydroxyl groups excluding tert-OH is 1. The SMILES string of the molecule is CC(C)=CCc1c(C(O)C2OC2(C)C)ccc2[nH]c3c(c12)CC1CCC2(O)C(C)(C)C(=O)CCC2(C)C31C. The number of fused-ring (bicyclic) bond motifs is 7. The molecule has 1 saturated heterocycles. The van der Waals surface area contributed by atoms with Gasteiger partial charge >= 0.3 is 0 Å². The van der Waals surface area contributed by atoms with E-state index >= 15 is 0 Å². The molecule has 206 valence electrons. The molecular weight excluding hydrogens is 474 g/mol. The van der Waals surface area contributed by atoms with E-state index in [0.717, 1.165) is 30.3 Å². The van der Waals surface area contributed by atoms with Crippen molar-refractivity contribution in [2.45, 2.75) is 123 Å². The number of hydrogen-bond donors (Lipinski definition) is 3. The summed E-state index contributed by atoms with van der Waals surface area (Å²) in [4.78, 5) is 16.9. The zero-order chi connectivity index (χ0) is 27.6. The molecular formula is C33H45NO4. The highest BCUT2D eigenvalue weighted by atomic mass is 16.6. The maximum absolute atomic E-state index is 13.1. The summed E-state index contributed by atoms with van der Waals surface area (Å²) < 4.78 is 5.86. The van der Waals surface area contributed by atoms with E-state index in [1.807, 2.05) is 27.7 Å². The molecule has 0 radical (unpaired) electrons. The molecule has 5 nitrogen and oxygen atoms in total. The first kappa shape index (κ1) is 26.3. The van der Waals surface area contributed by atoms with E-state index in [4.69, 9.17) is 4.74 Å². The summed E-state index contributed by atoms with van der Waals surface area (Å²) in [6.07, 6.45) is 5.88. The maximum Gasteiger partial charge on any atom is 0.141 e. The van der Waals surface area contributed by atoms with Gasteiger partial charge in [-0.15, -0.1) is 0 Å². The fourth-order valence-corrected chi connectivity index (χ4v) is 9.04. The number of aliphatic hydroxyl groups is 2. The van der Waals surface area contributed by atoms with E-state index in [1.165, 1.54) is 27.8 Å². The predicted octanol–water partition coefficient (Wildman–Crippen LogP) is 6.24. The van der Waals surface area contributed by atoms with E-state index in [9.17, 15) is 15.0 Å². The van der Waals surface area contributed by atoms with Crippen molar-refractivity contribution in [1.82, 2.24) is 4.98 Å². The van der Waals surface area contributed by atoms with Gasteiger partial charge < -0.3 is 19.9 Å². The van der Waals surface area contributed by atoms with Crippen LogP contribution in [0.5, 0.6) is 0 Å². The minimum Gasteiger partial charge on any atom is -0.388 e. The van der Waals surface area contributed by atoms with Crippen LogP contribution in [0.3, 0.4) is 0 Å². The van der Waals surface area contributed by atoms with Gasteiger partial charge in [-0.25, -0.2) is 0 Å². The van der Waals surface area contributed by atoms with E-state index in [2.05, 4.69) is 50.9 Å². The molecule has 1 aromatic carbocycles. The number of aromatic amines is 1. The number of H-pyrrole nitrogens is 1. The van der Waals surface area contributed by atoms with Crippen LogP contribution in [0.15, 0.2) is 23.8 Å². The molecule has 1 aromatic heterocycles. The first-order valence-corrected chi connectivity index (χ1v) is 14.5. The van der Waals surface area contributed by atoms with Crippen LogP contribution in [0, 0.1) is 16.7 Å². The molecule has 1 aliphatic heterocycles. The van der Waals surface area contributed by atoms with Crippen molar-refractivity contribution in [3.63, 3.8) is 0 Å². The third-order valence-electron chi connectivity index (χ3n) is 11.9. The smallest absolute Gasteiger partial charge is 0.141 e. The Morgan fingerprint density at radius 3 is 2.47 bits per heavy atom.